The molecule has 0 saturated heterocycles. The lowest BCUT2D eigenvalue weighted by molar-refractivity contribution is 0.205. The summed E-state index contributed by atoms with van der Waals surface area (Å²) in [5, 5.41) is 3.27. The van der Waals surface area contributed by atoms with Crippen molar-refractivity contribution in [2.45, 2.75) is 32.6 Å². The molecule has 5 heteroatoms. The van der Waals surface area contributed by atoms with E-state index in [2.05, 4.69) is 17.4 Å². The van der Waals surface area contributed by atoms with Gasteiger partial charge in [-0.1, -0.05) is 24.3 Å². The Labute approximate surface area is 108 Å². The van der Waals surface area contributed by atoms with Crippen LogP contribution in [0.1, 0.15) is 25.0 Å². The second kappa shape index (κ2) is 5.98. The lowest BCUT2D eigenvalue weighted by Gasteiger charge is -2.31. The van der Waals surface area contributed by atoms with Gasteiger partial charge in [0.25, 0.3) is 0 Å². The van der Waals surface area contributed by atoms with Gasteiger partial charge in [0, 0.05) is 6.54 Å². The minimum absolute atomic E-state index is 0.243. The van der Waals surface area contributed by atoms with Crippen molar-refractivity contribution in [3.05, 3.63) is 35.4 Å². The first-order valence-corrected chi connectivity index (χ1v) is 7.99. The Morgan fingerprint density at radius 3 is 2.44 bits per heavy atom. The van der Waals surface area contributed by atoms with E-state index >= 15 is 0 Å². The molecule has 18 heavy (non-hydrogen) atoms. The van der Waals surface area contributed by atoms with Crippen molar-refractivity contribution in [2.75, 3.05) is 13.2 Å². The molecule has 0 bridgehead atoms. The molecule has 0 amide bonds. The molecular weight excluding hydrogens is 249 g/mol. The van der Waals surface area contributed by atoms with Crippen molar-refractivity contribution in [1.29, 1.82) is 0 Å². The molecule has 1 aromatic carbocycles. The van der Waals surface area contributed by atoms with E-state index in [4.69, 9.17) is 9.05 Å². The Bertz CT molecular complexity index is 440. The summed E-state index contributed by atoms with van der Waals surface area (Å²) in [4.78, 5) is 0. The van der Waals surface area contributed by atoms with Crippen molar-refractivity contribution in [1.82, 2.24) is 5.32 Å². The van der Waals surface area contributed by atoms with E-state index in [0.717, 1.165) is 0 Å². The first-order chi connectivity index (χ1) is 8.69. The average Bonchev–Trinajstić information content (AvgIpc) is 2.39. The van der Waals surface area contributed by atoms with E-state index in [1.165, 1.54) is 11.1 Å². The zero-order chi connectivity index (χ0) is 13.0. The van der Waals surface area contributed by atoms with Gasteiger partial charge in [-0.15, -0.1) is 0 Å². The zero-order valence-electron chi connectivity index (χ0n) is 10.9. The molecule has 1 aliphatic rings. The molecule has 100 valence electrons. The summed E-state index contributed by atoms with van der Waals surface area (Å²) in [6.45, 7) is 5.18. The lowest BCUT2D eigenvalue weighted by atomic mass is 10.0. The molecule has 1 aliphatic heterocycles. The number of rotatable bonds is 5. The average molecular weight is 269 g/mol. The van der Waals surface area contributed by atoms with E-state index in [1.54, 1.807) is 0 Å². The summed E-state index contributed by atoms with van der Waals surface area (Å²) in [7, 11) is -3.06. The number of fused-ring (bicyclic) bond motifs is 1. The predicted molar refractivity (Wildman–Crippen MR) is 71.6 cm³/mol. The van der Waals surface area contributed by atoms with Gasteiger partial charge in [0.1, 0.15) is 5.78 Å². The van der Waals surface area contributed by atoms with Gasteiger partial charge in [-0.3, -0.25) is 9.88 Å². The van der Waals surface area contributed by atoms with Crippen molar-refractivity contribution < 1.29 is 13.6 Å². The van der Waals surface area contributed by atoms with Crippen LogP contribution in [0, 0.1) is 0 Å². The van der Waals surface area contributed by atoms with Crippen molar-refractivity contribution in [3.63, 3.8) is 0 Å². The molecule has 4 nitrogen and oxygen atoms in total. The second-order valence-electron chi connectivity index (χ2n) is 4.24. The number of hydrogen-bond donors (Lipinski definition) is 1. The molecule has 0 radical (unpaired) electrons. The fourth-order valence-electron chi connectivity index (χ4n) is 2.24. The largest absolute Gasteiger partial charge is 0.347 e. The third kappa shape index (κ3) is 2.83. The normalized spacial score (nSPS) is 19.6. The van der Waals surface area contributed by atoms with Gasteiger partial charge in [-0.05, 0) is 31.4 Å². The maximum absolute atomic E-state index is 12.7. The first-order valence-electron chi connectivity index (χ1n) is 6.38. The Morgan fingerprint density at radius 2 is 1.83 bits per heavy atom. The maximum Gasteiger partial charge on any atom is 0.347 e. The third-order valence-electron chi connectivity index (χ3n) is 3.06. The first kappa shape index (κ1) is 13.8. The third-order valence-corrected chi connectivity index (χ3v) is 5.42. The van der Waals surface area contributed by atoms with Crippen LogP contribution < -0.4 is 5.32 Å². The van der Waals surface area contributed by atoms with Gasteiger partial charge in [-0.25, -0.2) is 0 Å². The van der Waals surface area contributed by atoms with E-state index in [0.29, 0.717) is 26.2 Å². The van der Waals surface area contributed by atoms with Crippen LogP contribution in [-0.4, -0.2) is 19.0 Å². The van der Waals surface area contributed by atoms with Crippen LogP contribution >= 0.6 is 7.60 Å². The quantitative estimate of drug-likeness (QED) is 0.835. The fourth-order valence-corrected chi connectivity index (χ4v) is 4.13. The van der Waals surface area contributed by atoms with Crippen LogP contribution in [0.4, 0.5) is 0 Å². The molecule has 0 fully saturated rings. The van der Waals surface area contributed by atoms with Gasteiger partial charge < -0.3 is 9.05 Å². The highest BCUT2D eigenvalue weighted by molar-refractivity contribution is 7.54. The van der Waals surface area contributed by atoms with E-state index in [1.807, 2.05) is 26.0 Å². The van der Waals surface area contributed by atoms with Crippen molar-refractivity contribution in [3.8, 4) is 0 Å². The molecule has 0 saturated carbocycles. The molecule has 1 atom stereocenters. The molecule has 0 unspecified atom stereocenters. The fraction of sp³-hybridized carbons (Fsp3) is 0.538. The molecular formula is C13H20NO3P. The highest BCUT2D eigenvalue weighted by Crippen LogP contribution is 2.53. The van der Waals surface area contributed by atoms with E-state index in [-0.39, 0.29) is 5.78 Å². The highest BCUT2D eigenvalue weighted by atomic mass is 31.2. The van der Waals surface area contributed by atoms with Crippen LogP contribution in [0.3, 0.4) is 0 Å². The molecule has 1 heterocycles. The van der Waals surface area contributed by atoms with Crippen LogP contribution in [0.5, 0.6) is 0 Å². The Kier molecular flexibility index (Phi) is 4.57. The number of hydrogen-bond acceptors (Lipinski definition) is 4. The molecule has 1 aromatic rings. The smallest absolute Gasteiger partial charge is 0.308 e. The molecule has 0 spiro atoms. The minimum atomic E-state index is -3.06. The van der Waals surface area contributed by atoms with Gasteiger partial charge in [0.2, 0.25) is 0 Å². The van der Waals surface area contributed by atoms with Gasteiger partial charge in [0.15, 0.2) is 0 Å². The minimum Gasteiger partial charge on any atom is -0.308 e. The van der Waals surface area contributed by atoms with Crippen LogP contribution in [-0.2, 0) is 26.6 Å². The van der Waals surface area contributed by atoms with Crippen LogP contribution in [0.2, 0.25) is 0 Å². The summed E-state index contributed by atoms with van der Waals surface area (Å²) in [6.07, 6.45) is 0.688. The predicted octanol–water partition coefficient (Wildman–Crippen LogP) is 2.92. The van der Waals surface area contributed by atoms with E-state index in [9.17, 15) is 4.57 Å². The van der Waals surface area contributed by atoms with Crippen LogP contribution in [0.25, 0.3) is 0 Å². The summed E-state index contributed by atoms with van der Waals surface area (Å²) >= 11 is 0. The number of nitrogens with one attached hydrogen (secondary N) is 1. The van der Waals surface area contributed by atoms with Crippen molar-refractivity contribution in [2.24, 2.45) is 0 Å². The zero-order valence-corrected chi connectivity index (χ0v) is 11.8. The van der Waals surface area contributed by atoms with Crippen molar-refractivity contribution >= 4 is 7.60 Å². The monoisotopic (exact) mass is 269 g/mol. The molecule has 0 aliphatic carbocycles. The Balaban J connectivity index is 2.18. The van der Waals surface area contributed by atoms with Gasteiger partial charge >= 0.3 is 7.60 Å². The lowest BCUT2D eigenvalue weighted by Crippen LogP contribution is -2.36. The van der Waals surface area contributed by atoms with Gasteiger partial charge in [-0.2, -0.15) is 0 Å². The molecule has 0 aromatic heterocycles. The van der Waals surface area contributed by atoms with Crippen LogP contribution in [0.15, 0.2) is 24.3 Å². The summed E-state index contributed by atoms with van der Waals surface area (Å²) in [5.74, 6) is -0.243. The SMILES string of the molecule is CCOP(=O)(OCC)[C@H]1Cc2ccccc2CN1. The summed E-state index contributed by atoms with van der Waals surface area (Å²) in [6, 6.07) is 8.19. The summed E-state index contributed by atoms with van der Waals surface area (Å²) in [5.41, 5.74) is 2.48. The maximum atomic E-state index is 12.7. The topological polar surface area (TPSA) is 47.6 Å². The van der Waals surface area contributed by atoms with Gasteiger partial charge in [0.05, 0.1) is 13.2 Å². The Hall–Kier alpha value is -0.670. The molecule has 2 rings (SSSR count). The molecule has 1 N–H and O–H groups in total. The standard InChI is InChI=1S/C13H20NO3P/c1-3-16-18(15,17-4-2)13-9-11-7-5-6-8-12(11)10-14-13/h5-8,13-14H,3-4,9-10H2,1-2H3/t13-/m0/s1. The summed E-state index contributed by atoms with van der Waals surface area (Å²) < 4.78 is 23.5. The van der Waals surface area contributed by atoms with E-state index < -0.39 is 7.60 Å². The second-order valence-corrected chi connectivity index (χ2v) is 6.46. The number of benzene rings is 1. The Morgan fingerprint density at radius 1 is 1.22 bits per heavy atom. The highest BCUT2D eigenvalue weighted by Gasteiger charge is 2.37.